The Labute approximate surface area is 192 Å². The van der Waals surface area contributed by atoms with Crippen LogP contribution in [-0.2, 0) is 29.6 Å². The molecule has 1 N–H and O–H groups in total. The van der Waals surface area contributed by atoms with E-state index in [1.165, 1.54) is 20.7 Å². The maximum absolute atomic E-state index is 12.8. The Bertz CT molecular complexity index is 1140. The van der Waals surface area contributed by atoms with Gasteiger partial charge < -0.3 is 10.1 Å². The van der Waals surface area contributed by atoms with Crippen molar-refractivity contribution in [1.29, 1.82) is 0 Å². The number of nitrogens with one attached hydrogen (secondary N) is 1. The Morgan fingerprint density at radius 1 is 0.969 bits per heavy atom. The number of ether oxygens (including phenoxy) is 1. The molecular formula is C20H25N3O6S3. The SMILES string of the molecule is O=C(Nc1ccc(S(=O)(=O)N2CCOCC2)cc1)[C@H]1CCCN(S(=O)(=O)c2cccs2)C1. The van der Waals surface area contributed by atoms with Crippen molar-refractivity contribution >= 4 is 43.0 Å². The fraction of sp³-hybridized carbons (Fsp3) is 0.450. The second kappa shape index (κ2) is 9.57. The zero-order chi connectivity index (χ0) is 22.8. The molecule has 174 valence electrons. The van der Waals surface area contributed by atoms with Gasteiger partial charge >= 0.3 is 0 Å². The summed E-state index contributed by atoms with van der Waals surface area (Å²) >= 11 is 1.16. The molecule has 4 rings (SSSR count). The fourth-order valence-corrected chi connectivity index (χ4v) is 7.88. The summed E-state index contributed by atoms with van der Waals surface area (Å²) in [6, 6.07) is 9.29. The minimum atomic E-state index is -3.60. The van der Waals surface area contributed by atoms with Crippen LogP contribution in [0.15, 0.2) is 50.9 Å². The molecule has 0 radical (unpaired) electrons. The summed E-state index contributed by atoms with van der Waals surface area (Å²) in [5.41, 5.74) is 0.467. The standard InChI is InChI=1S/C20H25N3O6S3/c24-20(16-3-1-9-23(15-16)32(27,28)19-4-2-14-30-19)21-17-5-7-18(8-6-17)31(25,26)22-10-12-29-13-11-22/h2,4-8,14,16H,1,3,9-13,15H2,(H,21,24)/t16-/m0/s1. The van der Waals surface area contributed by atoms with Crippen molar-refractivity contribution < 1.29 is 26.4 Å². The minimum absolute atomic E-state index is 0.121. The van der Waals surface area contributed by atoms with Gasteiger partial charge in [-0.3, -0.25) is 4.79 Å². The van der Waals surface area contributed by atoms with Crippen LogP contribution in [0.25, 0.3) is 0 Å². The van der Waals surface area contributed by atoms with Crippen LogP contribution in [0.4, 0.5) is 5.69 Å². The van der Waals surface area contributed by atoms with Gasteiger partial charge in [0.2, 0.25) is 15.9 Å². The molecule has 2 aliphatic heterocycles. The summed E-state index contributed by atoms with van der Waals surface area (Å²) in [6.07, 6.45) is 1.19. The highest BCUT2D eigenvalue weighted by molar-refractivity contribution is 7.91. The second-order valence-corrected chi connectivity index (χ2v) is 12.7. The van der Waals surface area contributed by atoms with Crippen molar-refractivity contribution in [3.05, 3.63) is 41.8 Å². The molecule has 2 aromatic rings. The van der Waals surface area contributed by atoms with E-state index < -0.39 is 26.0 Å². The summed E-state index contributed by atoms with van der Waals surface area (Å²) < 4.78 is 59.2. The average Bonchev–Trinajstić information content (AvgIpc) is 3.36. The van der Waals surface area contributed by atoms with Crippen LogP contribution in [0.2, 0.25) is 0 Å². The van der Waals surface area contributed by atoms with Crippen LogP contribution in [-0.4, -0.2) is 70.7 Å². The topological polar surface area (TPSA) is 113 Å². The lowest BCUT2D eigenvalue weighted by Crippen LogP contribution is -2.43. The van der Waals surface area contributed by atoms with E-state index in [0.29, 0.717) is 51.4 Å². The molecule has 1 aromatic carbocycles. The van der Waals surface area contributed by atoms with Crippen LogP contribution in [0, 0.1) is 5.92 Å². The number of piperidine rings is 1. The molecule has 9 nitrogen and oxygen atoms in total. The second-order valence-electron chi connectivity index (χ2n) is 7.66. The van der Waals surface area contributed by atoms with Gasteiger partial charge in [-0.25, -0.2) is 16.8 Å². The summed E-state index contributed by atoms with van der Waals surface area (Å²) in [7, 11) is -7.20. The predicted molar refractivity (Wildman–Crippen MR) is 120 cm³/mol. The summed E-state index contributed by atoms with van der Waals surface area (Å²) in [4.78, 5) is 12.9. The monoisotopic (exact) mass is 499 g/mol. The van der Waals surface area contributed by atoms with Crippen molar-refractivity contribution in [2.75, 3.05) is 44.7 Å². The molecule has 0 aliphatic carbocycles. The molecule has 0 saturated carbocycles. The highest BCUT2D eigenvalue weighted by Gasteiger charge is 2.34. The Hall–Kier alpha value is -1.83. The Kier molecular flexibility index (Phi) is 6.98. The van der Waals surface area contributed by atoms with Crippen LogP contribution in [0.3, 0.4) is 0 Å². The molecule has 2 saturated heterocycles. The van der Waals surface area contributed by atoms with Crippen molar-refractivity contribution in [3.8, 4) is 0 Å². The number of anilines is 1. The number of sulfonamides is 2. The van der Waals surface area contributed by atoms with E-state index in [1.807, 2.05) is 0 Å². The van der Waals surface area contributed by atoms with Crippen molar-refractivity contribution in [3.63, 3.8) is 0 Å². The number of morpholine rings is 1. The fourth-order valence-electron chi connectivity index (χ4n) is 3.80. The van der Waals surface area contributed by atoms with E-state index in [-0.39, 0.29) is 21.6 Å². The van der Waals surface area contributed by atoms with E-state index in [2.05, 4.69) is 5.32 Å². The van der Waals surface area contributed by atoms with Crippen molar-refractivity contribution in [2.24, 2.45) is 5.92 Å². The molecule has 3 heterocycles. The number of benzene rings is 1. The van der Waals surface area contributed by atoms with Gasteiger partial charge in [-0.1, -0.05) is 6.07 Å². The van der Waals surface area contributed by atoms with Gasteiger partial charge in [0.15, 0.2) is 0 Å². The predicted octanol–water partition coefficient (Wildman–Crippen LogP) is 1.81. The first-order valence-corrected chi connectivity index (χ1v) is 14.1. The molecule has 1 atom stereocenters. The number of carbonyl (C=O) groups is 1. The zero-order valence-electron chi connectivity index (χ0n) is 17.3. The van der Waals surface area contributed by atoms with E-state index in [0.717, 1.165) is 11.3 Å². The third-order valence-electron chi connectivity index (χ3n) is 5.57. The summed E-state index contributed by atoms with van der Waals surface area (Å²) in [5.74, 6) is -0.755. The van der Waals surface area contributed by atoms with E-state index in [4.69, 9.17) is 4.74 Å². The van der Waals surface area contributed by atoms with Gasteiger partial charge in [0.1, 0.15) is 4.21 Å². The average molecular weight is 500 g/mol. The molecular weight excluding hydrogens is 474 g/mol. The number of thiophene rings is 1. The van der Waals surface area contributed by atoms with Gasteiger partial charge in [0, 0.05) is 31.9 Å². The molecule has 0 bridgehead atoms. The zero-order valence-corrected chi connectivity index (χ0v) is 19.8. The van der Waals surface area contributed by atoms with Gasteiger partial charge in [-0.05, 0) is 48.6 Å². The largest absolute Gasteiger partial charge is 0.379 e. The number of hydrogen-bond donors (Lipinski definition) is 1. The van der Waals surface area contributed by atoms with Crippen LogP contribution in [0.5, 0.6) is 0 Å². The number of amides is 1. The molecule has 0 unspecified atom stereocenters. The smallest absolute Gasteiger partial charge is 0.252 e. The molecule has 12 heteroatoms. The molecule has 1 aromatic heterocycles. The molecule has 32 heavy (non-hydrogen) atoms. The number of nitrogens with zero attached hydrogens (tertiary/aromatic N) is 2. The first-order chi connectivity index (χ1) is 15.3. The maximum atomic E-state index is 12.8. The Balaban J connectivity index is 1.40. The highest BCUT2D eigenvalue weighted by Crippen LogP contribution is 2.27. The van der Waals surface area contributed by atoms with E-state index in [1.54, 1.807) is 29.6 Å². The van der Waals surface area contributed by atoms with Gasteiger partial charge in [-0.15, -0.1) is 11.3 Å². The van der Waals surface area contributed by atoms with Gasteiger partial charge in [0.25, 0.3) is 10.0 Å². The lowest BCUT2D eigenvalue weighted by Gasteiger charge is -2.30. The normalized spacial score (nSPS) is 21.3. The van der Waals surface area contributed by atoms with Crippen molar-refractivity contribution in [2.45, 2.75) is 21.9 Å². The van der Waals surface area contributed by atoms with Gasteiger partial charge in [-0.2, -0.15) is 8.61 Å². The summed E-state index contributed by atoms with van der Waals surface area (Å²) in [6.45, 7) is 1.87. The summed E-state index contributed by atoms with van der Waals surface area (Å²) in [5, 5.41) is 4.50. The van der Waals surface area contributed by atoms with E-state index >= 15 is 0 Å². The first-order valence-electron chi connectivity index (χ1n) is 10.3. The molecule has 2 aliphatic rings. The molecule has 1 amide bonds. The quantitative estimate of drug-likeness (QED) is 0.649. The maximum Gasteiger partial charge on any atom is 0.252 e. The van der Waals surface area contributed by atoms with Crippen molar-refractivity contribution in [1.82, 2.24) is 8.61 Å². The number of hydrogen-bond acceptors (Lipinski definition) is 7. The number of carbonyl (C=O) groups excluding carboxylic acids is 1. The third kappa shape index (κ3) is 4.90. The highest BCUT2D eigenvalue weighted by atomic mass is 32.2. The third-order valence-corrected chi connectivity index (χ3v) is 10.7. The van der Waals surface area contributed by atoms with Crippen LogP contribution < -0.4 is 5.32 Å². The first kappa shape index (κ1) is 23.3. The number of rotatable bonds is 6. The minimum Gasteiger partial charge on any atom is -0.379 e. The van der Waals surface area contributed by atoms with Crippen LogP contribution >= 0.6 is 11.3 Å². The van der Waals surface area contributed by atoms with Crippen LogP contribution in [0.1, 0.15) is 12.8 Å². The molecule has 0 spiro atoms. The van der Waals surface area contributed by atoms with Gasteiger partial charge in [0.05, 0.1) is 24.0 Å². The molecule has 2 fully saturated rings. The Morgan fingerprint density at radius 3 is 2.34 bits per heavy atom. The lowest BCUT2D eigenvalue weighted by atomic mass is 9.99. The Morgan fingerprint density at radius 2 is 1.69 bits per heavy atom. The lowest BCUT2D eigenvalue weighted by molar-refractivity contribution is -0.120. The van der Waals surface area contributed by atoms with E-state index in [9.17, 15) is 21.6 Å².